The molecule has 23 heavy (non-hydrogen) atoms. The number of benzene rings is 1. The van der Waals surface area contributed by atoms with Crippen LogP contribution in [0.4, 0.5) is 0 Å². The van der Waals surface area contributed by atoms with E-state index in [1.54, 1.807) is 6.08 Å². The Morgan fingerprint density at radius 3 is 2.35 bits per heavy atom. The van der Waals surface area contributed by atoms with Gasteiger partial charge in [-0.25, -0.2) is 4.98 Å². The second-order valence-electron chi connectivity index (χ2n) is 4.95. The fourth-order valence-corrected chi connectivity index (χ4v) is 2.21. The van der Waals surface area contributed by atoms with Crippen molar-refractivity contribution >= 4 is 12.2 Å². The lowest BCUT2D eigenvalue weighted by molar-refractivity contribution is 0.509. The van der Waals surface area contributed by atoms with E-state index in [0.29, 0.717) is 17.9 Å². The third-order valence-electron chi connectivity index (χ3n) is 3.37. The van der Waals surface area contributed by atoms with Crippen molar-refractivity contribution in [2.45, 2.75) is 13.3 Å². The molecule has 116 valence electrons. The van der Waals surface area contributed by atoms with Crippen LogP contribution < -0.4 is 21.8 Å². The van der Waals surface area contributed by atoms with Crippen molar-refractivity contribution in [2.75, 3.05) is 0 Å². The van der Waals surface area contributed by atoms with E-state index in [4.69, 9.17) is 4.42 Å². The van der Waals surface area contributed by atoms with Gasteiger partial charge in [-0.05, 0) is 17.7 Å². The second-order valence-corrected chi connectivity index (χ2v) is 4.95. The van der Waals surface area contributed by atoms with Crippen LogP contribution in [0, 0.1) is 0 Å². The zero-order valence-corrected chi connectivity index (χ0v) is 12.5. The van der Waals surface area contributed by atoms with Crippen molar-refractivity contribution in [3.05, 3.63) is 85.1 Å². The third kappa shape index (κ3) is 3.21. The van der Waals surface area contributed by atoms with Gasteiger partial charge in [0.05, 0.1) is 0 Å². The first-order chi connectivity index (χ1) is 11.2. The Balaban J connectivity index is 2.14. The van der Waals surface area contributed by atoms with E-state index in [1.165, 1.54) is 12.5 Å². The molecule has 0 spiro atoms. The third-order valence-corrected chi connectivity index (χ3v) is 3.37. The molecule has 3 aromatic rings. The van der Waals surface area contributed by atoms with Gasteiger partial charge in [0.2, 0.25) is 0 Å². The van der Waals surface area contributed by atoms with Crippen molar-refractivity contribution in [1.29, 1.82) is 0 Å². The predicted molar refractivity (Wildman–Crippen MR) is 86.4 cm³/mol. The summed E-state index contributed by atoms with van der Waals surface area (Å²) in [6.07, 6.45) is 5.09. The number of rotatable bonds is 3. The van der Waals surface area contributed by atoms with E-state index in [1.807, 2.05) is 37.3 Å². The van der Waals surface area contributed by atoms with Gasteiger partial charge in [-0.2, -0.15) is 0 Å². The standard InChI is InChI=1S/C17H15N3O3/c1-2-15-12(18-10-23-15)9-14-17(22)19-13(16(21)20-14)8-11-6-4-3-5-7-11/h3-10H,2H2,1H3,(H,19,22)(H,20,21)/b13-8-,14-9-. The molecule has 0 unspecified atom stereocenters. The molecule has 0 saturated heterocycles. The molecule has 2 aromatic heterocycles. The van der Waals surface area contributed by atoms with Gasteiger partial charge in [-0.3, -0.25) is 9.59 Å². The van der Waals surface area contributed by atoms with E-state index in [2.05, 4.69) is 15.0 Å². The Morgan fingerprint density at radius 2 is 1.70 bits per heavy atom. The van der Waals surface area contributed by atoms with E-state index in [9.17, 15) is 9.59 Å². The fraction of sp³-hybridized carbons (Fsp3) is 0.118. The molecule has 2 N–H and O–H groups in total. The number of aromatic nitrogens is 3. The normalized spacial score (nSPS) is 12.7. The Hall–Kier alpha value is -3.15. The van der Waals surface area contributed by atoms with Crippen molar-refractivity contribution < 1.29 is 4.42 Å². The molecule has 6 nitrogen and oxygen atoms in total. The molecule has 0 aliphatic heterocycles. The molecule has 0 atom stereocenters. The molecule has 0 saturated carbocycles. The van der Waals surface area contributed by atoms with Gasteiger partial charge in [0.15, 0.2) is 6.39 Å². The molecule has 6 heteroatoms. The maximum Gasteiger partial charge on any atom is 0.272 e. The maximum absolute atomic E-state index is 12.2. The van der Waals surface area contributed by atoms with Gasteiger partial charge in [0.1, 0.15) is 22.2 Å². The average Bonchev–Trinajstić information content (AvgIpc) is 3.00. The van der Waals surface area contributed by atoms with Gasteiger partial charge < -0.3 is 14.4 Å². The van der Waals surface area contributed by atoms with Gasteiger partial charge in [0, 0.05) is 6.42 Å². The van der Waals surface area contributed by atoms with E-state index in [-0.39, 0.29) is 16.3 Å². The minimum absolute atomic E-state index is 0.142. The van der Waals surface area contributed by atoms with Crippen LogP contribution in [0.3, 0.4) is 0 Å². The first-order valence-electron chi connectivity index (χ1n) is 7.21. The molecule has 2 heterocycles. The SMILES string of the molecule is CCc1ocnc1/C=c1\[nH]c(=O)/c(=C/c2ccccc2)[nH]c1=O. The average molecular weight is 309 g/mol. The van der Waals surface area contributed by atoms with Crippen LogP contribution in [-0.2, 0) is 6.42 Å². The van der Waals surface area contributed by atoms with Crippen LogP contribution >= 0.6 is 0 Å². The van der Waals surface area contributed by atoms with Crippen molar-refractivity contribution in [3.63, 3.8) is 0 Å². The van der Waals surface area contributed by atoms with Crippen molar-refractivity contribution in [3.8, 4) is 0 Å². The number of nitrogens with one attached hydrogen (secondary N) is 2. The summed E-state index contributed by atoms with van der Waals surface area (Å²) in [5.41, 5.74) is 0.599. The quantitative estimate of drug-likeness (QED) is 0.726. The zero-order valence-electron chi connectivity index (χ0n) is 12.5. The van der Waals surface area contributed by atoms with Crippen molar-refractivity contribution in [1.82, 2.24) is 15.0 Å². The highest BCUT2D eigenvalue weighted by atomic mass is 16.3. The number of hydrogen-bond acceptors (Lipinski definition) is 4. The Morgan fingerprint density at radius 1 is 1.04 bits per heavy atom. The van der Waals surface area contributed by atoms with E-state index < -0.39 is 5.56 Å². The molecule has 0 bridgehead atoms. The Labute approximate surface area is 130 Å². The summed E-state index contributed by atoms with van der Waals surface area (Å²) in [7, 11) is 0. The molecule has 0 amide bonds. The highest BCUT2D eigenvalue weighted by Crippen LogP contribution is 2.06. The highest BCUT2D eigenvalue weighted by Gasteiger charge is 2.04. The molecule has 1 aromatic carbocycles. The Bertz CT molecular complexity index is 1040. The van der Waals surface area contributed by atoms with E-state index >= 15 is 0 Å². The predicted octanol–water partition coefficient (Wildman–Crippen LogP) is 0.271. The molecule has 0 aliphatic carbocycles. The maximum atomic E-state index is 12.2. The van der Waals surface area contributed by atoms with Crippen LogP contribution in [0.25, 0.3) is 12.2 Å². The topological polar surface area (TPSA) is 91.8 Å². The Kier molecular flexibility index (Phi) is 4.05. The molecule has 0 radical (unpaired) electrons. The minimum atomic E-state index is -0.392. The van der Waals surface area contributed by atoms with E-state index in [0.717, 1.165) is 5.56 Å². The second kappa shape index (κ2) is 6.31. The number of oxazole rings is 1. The molecule has 3 rings (SSSR count). The number of H-pyrrole nitrogens is 2. The van der Waals surface area contributed by atoms with Gasteiger partial charge in [0.25, 0.3) is 11.1 Å². The summed E-state index contributed by atoms with van der Waals surface area (Å²) in [4.78, 5) is 33.6. The molecule has 0 fully saturated rings. The molecular formula is C17H15N3O3. The summed E-state index contributed by atoms with van der Waals surface area (Å²) >= 11 is 0. The van der Waals surface area contributed by atoms with Crippen LogP contribution in [0.15, 0.2) is 50.7 Å². The first kappa shape index (κ1) is 14.8. The fourth-order valence-electron chi connectivity index (χ4n) is 2.21. The summed E-state index contributed by atoms with van der Waals surface area (Å²) in [5.74, 6) is 0.658. The van der Waals surface area contributed by atoms with Crippen molar-refractivity contribution in [2.24, 2.45) is 0 Å². The largest absolute Gasteiger partial charge is 0.448 e. The summed E-state index contributed by atoms with van der Waals surface area (Å²) < 4.78 is 5.21. The lowest BCUT2D eigenvalue weighted by atomic mass is 10.2. The molecule has 0 aliphatic rings. The number of nitrogens with zero attached hydrogens (tertiary/aromatic N) is 1. The molecular weight excluding hydrogens is 294 g/mol. The smallest absolute Gasteiger partial charge is 0.272 e. The number of hydrogen-bond donors (Lipinski definition) is 2. The summed E-state index contributed by atoms with van der Waals surface area (Å²) in [6.45, 7) is 1.92. The first-order valence-corrected chi connectivity index (χ1v) is 7.21. The number of aryl methyl sites for hydroxylation is 1. The summed E-state index contributed by atoms with van der Waals surface area (Å²) in [5, 5.41) is 0.345. The monoisotopic (exact) mass is 309 g/mol. The zero-order chi connectivity index (χ0) is 16.2. The van der Waals surface area contributed by atoms with Gasteiger partial charge in [-0.15, -0.1) is 0 Å². The number of aromatic amines is 2. The van der Waals surface area contributed by atoms with Gasteiger partial charge in [-0.1, -0.05) is 37.3 Å². The minimum Gasteiger partial charge on any atom is -0.448 e. The van der Waals surface area contributed by atoms with Crippen LogP contribution in [0.2, 0.25) is 0 Å². The van der Waals surface area contributed by atoms with Crippen LogP contribution in [0.5, 0.6) is 0 Å². The lowest BCUT2D eigenvalue weighted by Crippen LogP contribution is -2.46. The van der Waals surface area contributed by atoms with Crippen LogP contribution in [0.1, 0.15) is 23.9 Å². The van der Waals surface area contributed by atoms with Crippen LogP contribution in [-0.4, -0.2) is 15.0 Å². The van der Waals surface area contributed by atoms with Gasteiger partial charge >= 0.3 is 0 Å². The summed E-state index contributed by atoms with van der Waals surface area (Å²) in [6, 6.07) is 9.29. The highest BCUT2D eigenvalue weighted by molar-refractivity contribution is 5.48. The lowest BCUT2D eigenvalue weighted by Gasteiger charge is -1.93.